The highest BCUT2D eigenvalue weighted by Crippen LogP contribution is 2.24. The topological polar surface area (TPSA) is 150 Å². The molecule has 44 heavy (non-hydrogen) atoms. The van der Waals surface area contributed by atoms with E-state index in [-0.39, 0.29) is 50.8 Å². The Bertz CT molecular complexity index is 1260. The van der Waals surface area contributed by atoms with E-state index in [0.717, 1.165) is 44.2 Å². The van der Waals surface area contributed by atoms with Crippen LogP contribution in [0.15, 0.2) is 42.5 Å². The summed E-state index contributed by atoms with van der Waals surface area (Å²) < 4.78 is 11.4. The van der Waals surface area contributed by atoms with Crippen LogP contribution in [0.3, 0.4) is 0 Å². The van der Waals surface area contributed by atoms with E-state index < -0.39 is 29.9 Å². The largest absolute Gasteiger partial charge is 0.492 e. The average molecular weight is 610 g/mol. The molecule has 0 bridgehead atoms. The van der Waals surface area contributed by atoms with Gasteiger partial charge in [-0.1, -0.05) is 50.1 Å². The van der Waals surface area contributed by atoms with Crippen LogP contribution in [0.2, 0.25) is 0 Å². The van der Waals surface area contributed by atoms with E-state index in [1.807, 2.05) is 37.3 Å². The van der Waals surface area contributed by atoms with Gasteiger partial charge in [-0.2, -0.15) is 0 Å². The summed E-state index contributed by atoms with van der Waals surface area (Å²) >= 11 is 0. The first-order chi connectivity index (χ1) is 21.3. The zero-order chi connectivity index (χ0) is 31.3. The number of amides is 3. The molecule has 2 aliphatic heterocycles. The molecule has 0 saturated carbocycles. The van der Waals surface area contributed by atoms with Gasteiger partial charge in [0.1, 0.15) is 24.1 Å². The second-order valence-electron chi connectivity index (χ2n) is 11.1. The Kier molecular flexibility index (Phi) is 12.3. The van der Waals surface area contributed by atoms with Crippen molar-refractivity contribution in [1.82, 2.24) is 25.4 Å². The quantitative estimate of drug-likeness (QED) is 0.291. The molecule has 2 saturated heterocycles. The highest BCUT2D eigenvalue weighted by atomic mass is 16.6. The summed E-state index contributed by atoms with van der Waals surface area (Å²) in [6.45, 7) is 4.81. The van der Waals surface area contributed by atoms with Gasteiger partial charge >= 0.3 is 12.1 Å². The van der Waals surface area contributed by atoms with E-state index in [9.17, 15) is 24.3 Å². The normalized spacial score (nSPS) is 17.4. The van der Waals surface area contributed by atoms with E-state index in [1.54, 1.807) is 21.9 Å². The fourth-order valence-electron chi connectivity index (χ4n) is 5.21. The molecule has 1 aromatic carbocycles. The van der Waals surface area contributed by atoms with Gasteiger partial charge in [-0.15, -0.1) is 0 Å². The first kappa shape index (κ1) is 32.7. The fourth-order valence-corrected chi connectivity index (χ4v) is 5.21. The lowest BCUT2D eigenvalue weighted by Crippen LogP contribution is -2.56. The smallest absolute Gasteiger partial charge is 0.409 e. The molecule has 3 heterocycles. The summed E-state index contributed by atoms with van der Waals surface area (Å²) in [6.07, 6.45) is 4.16. The number of pyridine rings is 1. The number of unbranched alkanes of at least 4 members (excludes halogenated alkanes) is 1. The van der Waals surface area contributed by atoms with Gasteiger partial charge < -0.3 is 35.0 Å². The Morgan fingerprint density at radius 3 is 2.50 bits per heavy atom. The molecule has 2 fully saturated rings. The van der Waals surface area contributed by atoms with Gasteiger partial charge in [-0.05, 0) is 32.2 Å². The van der Waals surface area contributed by atoms with E-state index >= 15 is 0 Å². The van der Waals surface area contributed by atoms with Crippen LogP contribution in [-0.4, -0.2) is 102 Å². The van der Waals surface area contributed by atoms with Crippen molar-refractivity contribution in [3.8, 4) is 17.0 Å². The van der Waals surface area contributed by atoms with Crippen molar-refractivity contribution in [3.05, 3.63) is 48.2 Å². The number of piperidine rings is 1. The zero-order valence-corrected chi connectivity index (χ0v) is 25.3. The number of rotatable bonds is 13. The number of aromatic nitrogens is 1. The third-order valence-corrected chi connectivity index (χ3v) is 7.79. The van der Waals surface area contributed by atoms with Crippen molar-refractivity contribution in [2.24, 2.45) is 0 Å². The van der Waals surface area contributed by atoms with Crippen molar-refractivity contribution < 1.29 is 33.8 Å². The fraction of sp³-hybridized carbons (Fsp3) is 0.531. The molecule has 3 N–H and O–H groups in total. The van der Waals surface area contributed by atoms with E-state index in [1.165, 1.54) is 0 Å². The summed E-state index contributed by atoms with van der Waals surface area (Å²) in [4.78, 5) is 58.5. The monoisotopic (exact) mass is 609 g/mol. The van der Waals surface area contributed by atoms with Crippen molar-refractivity contribution in [2.75, 3.05) is 45.9 Å². The second-order valence-corrected chi connectivity index (χ2v) is 11.1. The van der Waals surface area contributed by atoms with Crippen LogP contribution < -0.4 is 15.4 Å². The minimum atomic E-state index is -1.08. The third-order valence-electron chi connectivity index (χ3n) is 7.79. The first-order valence-corrected chi connectivity index (χ1v) is 15.5. The minimum absolute atomic E-state index is 0.0609. The number of carboxylic acids is 1. The molecule has 1 aromatic heterocycles. The van der Waals surface area contributed by atoms with Crippen molar-refractivity contribution >= 4 is 23.9 Å². The van der Waals surface area contributed by atoms with Crippen molar-refractivity contribution in [2.45, 2.75) is 64.0 Å². The molecular weight excluding hydrogens is 566 g/mol. The molecule has 2 atom stereocenters. The third kappa shape index (κ3) is 9.66. The van der Waals surface area contributed by atoms with Gasteiger partial charge in [0.15, 0.2) is 0 Å². The van der Waals surface area contributed by atoms with Crippen molar-refractivity contribution in [3.63, 3.8) is 0 Å². The molecule has 12 heteroatoms. The number of nitrogens with zero attached hydrogens (tertiary/aromatic N) is 3. The highest BCUT2D eigenvalue weighted by Gasteiger charge is 2.31. The van der Waals surface area contributed by atoms with Gasteiger partial charge in [0.05, 0.1) is 12.3 Å². The lowest BCUT2D eigenvalue weighted by molar-refractivity contribution is -0.138. The lowest BCUT2D eigenvalue weighted by Gasteiger charge is -2.36. The van der Waals surface area contributed by atoms with Crippen molar-refractivity contribution in [1.29, 1.82) is 0 Å². The molecule has 12 nitrogen and oxygen atoms in total. The maximum absolute atomic E-state index is 13.6. The Hall–Kier alpha value is -4.19. The van der Waals surface area contributed by atoms with Crippen LogP contribution in [-0.2, 0) is 14.3 Å². The summed E-state index contributed by atoms with van der Waals surface area (Å²) in [7, 11) is 0. The summed E-state index contributed by atoms with van der Waals surface area (Å²) in [6, 6.07) is 11.9. The molecule has 3 amide bonds. The predicted octanol–water partition coefficient (Wildman–Crippen LogP) is 3.31. The van der Waals surface area contributed by atoms with Gasteiger partial charge in [-0.3, -0.25) is 14.4 Å². The number of nitrogens with one attached hydrogen (secondary N) is 2. The molecule has 0 aliphatic carbocycles. The zero-order valence-electron chi connectivity index (χ0n) is 25.3. The number of carboxylic acid groups (broad SMARTS) is 1. The van der Waals surface area contributed by atoms with Gasteiger partial charge in [0.25, 0.3) is 5.91 Å². The number of ether oxygens (including phenoxy) is 2. The summed E-state index contributed by atoms with van der Waals surface area (Å²) in [5.74, 6) is -1.61. The van der Waals surface area contributed by atoms with Crippen LogP contribution in [0.25, 0.3) is 11.3 Å². The Balaban J connectivity index is 1.47. The Morgan fingerprint density at radius 1 is 1.07 bits per heavy atom. The SMILES string of the molecule is CCCCOC(=O)N1CCN(C(=O)[C@H](CCC(=O)O)NC(=O)c2cc(OCC3CCCCN3)cc(-c3ccccc3)n2)CC1. The number of benzene rings is 1. The molecule has 238 valence electrons. The lowest BCUT2D eigenvalue weighted by atomic mass is 10.1. The number of aliphatic carboxylic acids is 1. The summed E-state index contributed by atoms with van der Waals surface area (Å²) in [5, 5.41) is 15.5. The molecular formula is C32H43N5O7. The average Bonchev–Trinajstić information content (AvgIpc) is 3.06. The number of piperazine rings is 1. The Labute approximate surface area is 258 Å². The number of carbonyl (C=O) groups is 4. The number of carbonyl (C=O) groups excluding carboxylic acids is 3. The molecule has 2 aromatic rings. The molecule has 0 spiro atoms. The van der Waals surface area contributed by atoms with E-state index in [4.69, 9.17) is 9.47 Å². The molecule has 2 aliphatic rings. The minimum Gasteiger partial charge on any atom is -0.492 e. The van der Waals surface area contributed by atoms with Gasteiger partial charge in [0, 0.05) is 56.3 Å². The molecule has 1 unspecified atom stereocenters. The highest BCUT2D eigenvalue weighted by molar-refractivity contribution is 5.97. The van der Waals surface area contributed by atoms with Gasteiger partial charge in [-0.25, -0.2) is 9.78 Å². The predicted molar refractivity (Wildman–Crippen MR) is 163 cm³/mol. The standard InChI is InChI=1S/C32H43N5O7/c1-2-3-19-43-32(42)37-17-15-36(16-18-37)31(41)26(12-13-29(38)39)35-30(40)28-21-25(44-22-24-11-7-8-14-33-24)20-27(34-28)23-9-5-4-6-10-23/h4-6,9-10,20-21,24,26,33H,2-3,7-8,11-19,22H2,1H3,(H,35,40)(H,38,39)/t24?,26-/m0/s1. The maximum Gasteiger partial charge on any atom is 0.409 e. The van der Waals surface area contributed by atoms with E-state index in [2.05, 4.69) is 15.6 Å². The van der Waals surface area contributed by atoms with Crippen LogP contribution in [0.5, 0.6) is 5.75 Å². The van der Waals surface area contributed by atoms with Crippen LogP contribution in [0.4, 0.5) is 4.79 Å². The van der Waals surface area contributed by atoms with Crippen LogP contribution in [0.1, 0.15) is 62.4 Å². The number of hydrogen-bond acceptors (Lipinski definition) is 8. The second kappa shape index (κ2) is 16.6. The summed E-state index contributed by atoms with van der Waals surface area (Å²) in [5.41, 5.74) is 1.40. The molecule has 0 radical (unpaired) electrons. The first-order valence-electron chi connectivity index (χ1n) is 15.5. The van der Waals surface area contributed by atoms with Gasteiger partial charge in [0.2, 0.25) is 5.91 Å². The number of hydrogen-bond donors (Lipinski definition) is 3. The van der Waals surface area contributed by atoms with Crippen LogP contribution >= 0.6 is 0 Å². The van der Waals surface area contributed by atoms with E-state index in [0.29, 0.717) is 24.7 Å². The molecule has 4 rings (SSSR count). The maximum atomic E-state index is 13.6. The Morgan fingerprint density at radius 2 is 1.82 bits per heavy atom. The van der Waals surface area contributed by atoms with Crippen LogP contribution in [0, 0.1) is 0 Å².